The van der Waals surface area contributed by atoms with E-state index in [1.807, 2.05) is 0 Å². The number of carbonyl (C=O) groups excluding carboxylic acids is 1. The van der Waals surface area contributed by atoms with Gasteiger partial charge in [0.1, 0.15) is 11.5 Å². The summed E-state index contributed by atoms with van der Waals surface area (Å²) in [6.45, 7) is 0. The first-order chi connectivity index (χ1) is 11.5. The number of benzene rings is 1. The van der Waals surface area contributed by atoms with Crippen LogP contribution in [-0.2, 0) is 11.8 Å². The highest BCUT2D eigenvalue weighted by Gasteiger charge is 2.16. The van der Waals surface area contributed by atoms with Gasteiger partial charge in [0.05, 0.1) is 30.2 Å². The molecule has 0 saturated heterocycles. The number of nitrogens with one attached hydrogen (secondary N) is 1. The molecule has 0 aliphatic carbocycles. The van der Waals surface area contributed by atoms with Crippen LogP contribution in [0.3, 0.4) is 0 Å². The second-order valence-corrected chi connectivity index (χ2v) is 6.11. The minimum absolute atomic E-state index is 0.183. The first-order valence-electron chi connectivity index (χ1n) is 6.83. The summed E-state index contributed by atoms with van der Waals surface area (Å²) in [5.74, 6) is 0.511. The molecule has 1 amide bonds. The summed E-state index contributed by atoms with van der Waals surface area (Å²) in [5, 5.41) is 18.3. The molecule has 0 bridgehead atoms. The molecule has 0 fully saturated rings. The van der Waals surface area contributed by atoms with E-state index in [9.17, 15) is 9.90 Å². The fourth-order valence-corrected chi connectivity index (χ4v) is 2.97. The molecular weight excluding hydrogens is 358 g/mol. The number of halogens is 1. The molecule has 1 heterocycles. The number of aryl methyl sites for hydroxylation is 1. The lowest BCUT2D eigenvalue weighted by molar-refractivity contribution is -0.772. The highest BCUT2D eigenvalue weighted by molar-refractivity contribution is 7.99. The molecule has 1 N–H and O–H groups in total. The Balaban J connectivity index is 1.96. The average molecular weight is 374 g/mol. The maximum atomic E-state index is 12.1. The van der Waals surface area contributed by atoms with Gasteiger partial charge in [0, 0.05) is 18.2 Å². The number of ether oxygens (including phenoxy) is 2. The molecule has 0 saturated carbocycles. The van der Waals surface area contributed by atoms with Crippen molar-refractivity contribution in [2.24, 2.45) is 7.05 Å². The number of amides is 1. The van der Waals surface area contributed by atoms with E-state index in [-0.39, 0.29) is 12.3 Å². The van der Waals surface area contributed by atoms with E-state index in [4.69, 9.17) is 21.1 Å². The van der Waals surface area contributed by atoms with Crippen LogP contribution in [0.4, 0.5) is 5.69 Å². The summed E-state index contributed by atoms with van der Waals surface area (Å²) in [5.41, 5.74) is 0.443. The van der Waals surface area contributed by atoms with E-state index in [0.29, 0.717) is 33.0 Å². The summed E-state index contributed by atoms with van der Waals surface area (Å²) < 4.78 is 16.2. The maximum absolute atomic E-state index is 12.1. The molecule has 1 aromatic carbocycles. The van der Waals surface area contributed by atoms with Crippen molar-refractivity contribution in [2.45, 2.75) is 11.4 Å². The van der Waals surface area contributed by atoms with Gasteiger partial charge in [-0.05, 0) is 6.07 Å². The number of carbonyl (C=O) groups is 1. The Kier molecular flexibility index (Phi) is 6.16. The Morgan fingerprint density at radius 2 is 2.12 bits per heavy atom. The van der Waals surface area contributed by atoms with Crippen molar-refractivity contribution < 1.29 is 28.6 Å². The second kappa shape index (κ2) is 8.11. The number of hydrogen-bond acceptors (Lipinski definition) is 7. The fraction of sp³-hybridized carbons (Fsp3) is 0.357. The summed E-state index contributed by atoms with van der Waals surface area (Å²) in [4.78, 5) is 12.1. The van der Waals surface area contributed by atoms with Gasteiger partial charge >= 0.3 is 0 Å². The lowest BCUT2D eigenvalue weighted by atomic mass is 10.2. The normalized spacial score (nSPS) is 10.5. The molecule has 8 nitrogen and oxygen atoms in total. The number of anilines is 1. The summed E-state index contributed by atoms with van der Waals surface area (Å²) in [6, 6.07) is 3.15. The molecule has 0 radical (unpaired) electrons. The van der Waals surface area contributed by atoms with Gasteiger partial charge in [-0.2, -0.15) is 0 Å². The zero-order valence-corrected chi connectivity index (χ0v) is 14.9. The van der Waals surface area contributed by atoms with Crippen LogP contribution in [-0.4, -0.2) is 31.2 Å². The van der Waals surface area contributed by atoms with Crippen molar-refractivity contribution in [1.29, 1.82) is 0 Å². The van der Waals surface area contributed by atoms with Gasteiger partial charge in [0.15, 0.2) is 13.0 Å². The van der Waals surface area contributed by atoms with E-state index >= 15 is 0 Å². The maximum Gasteiger partial charge on any atom is 0.290 e. The Hall–Kier alpha value is -2.13. The fourth-order valence-electron chi connectivity index (χ4n) is 1.87. The van der Waals surface area contributed by atoms with Crippen LogP contribution in [0.1, 0.15) is 6.42 Å². The zero-order chi connectivity index (χ0) is 17.7. The third-order valence-electron chi connectivity index (χ3n) is 3.03. The predicted octanol–water partition coefficient (Wildman–Crippen LogP) is 1.36. The predicted molar refractivity (Wildman–Crippen MR) is 85.7 cm³/mol. The van der Waals surface area contributed by atoms with E-state index in [2.05, 4.69) is 15.1 Å². The van der Waals surface area contributed by atoms with Crippen molar-refractivity contribution in [3.63, 3.8) is 0 Å². The minimum atomic E-state index is -0.522. The van der Waals surface area contributed by atoms with Gasteiger partial charge in [0.2, 0.25) is 5.91 Å². The number of hydrogen-bond donors (Lipinski definition) is 1. The first-order valence-corrected chi connectivity index (χ1v) is 8.19. The molecule has 24 heavy (non-hydrogen) atoms. The molecule has 2 aromatic rings. The second-order valence-electron chi connectivity index (χ2n) is 4.62. The molecule has 0 unspecified atom stereocenters. The average Bonchev–Trinajstić information content (AvgIpc) is 2.87. The van der Waals surface area contributed by atoms with Gasteiger partial charge in [-0.15, -0.1) is 0 Å². The van der Waals surface area contributed by atoms with Crippen LogP contribution in [0.15, 0.2) is 21.7 Å². The quantitative estimate of drug-likeness (QED) is 0.577. The zero-order valence-electron chi connectivity index (χ0n) is 13.3. The van der Waals surface area contributed by atoms with Gasteiger partial charge < -0.3 is 24.4 Å². The van der Waals surface area contributed by atoms with Crippen LogP contribution in [0, 0.1) is 0 Å². The lowest BCUT2D eigenvalue weighted by Crippen LogP contribution is -2.32. The van der Waals surface area contributed by atoms with E-state index in [0.717, 1.165) is 0 Å². The summed E-state index contributed by atoms with van der Waals surface area (Å²) >= 11 is 7.25. The van der Waals surface area contributed by atoms with Gasteiger partial charge in [-0.1, -0.05) is 28.0 Å². The van der Waals surface area contributed by atoms with Crippen molar-refractivity contribution in [2.75, 3.05) is 25.3 Å². The highest BCUT2D eigenvalue weighted by atomic mass is 35.5. The topological polar surface area (TPSA) is 101 Å². The molecule has 10 heteroatoms. The largest absolute Gasteiger partial charge is 0.538 e. The van der Waals surface area contributed by atoms with Crippen LogP contribution in [0.2, 0.25) is 5.02 Å². The van der Waals surface area contributed by atoms with Gasteiger partial charge in [-0.3, -0.25) is 4.79 Å². The monoisotopic (exact) mass is 373 g/mol. The Morgan fingerprint density at radius 1 is 1.42 bits per heavy atom. The SMILES string of the molecule is COc1cc(OC)c(NC(=O)CCSc2c([O-])on[n+]2C)cc1Cl. The van der Waals surface area contributed by atoms with Crippen molar-refractivity contribution >= 4 is 35.0 Å². The molecule has 1 aromatic heterocycles. The Labute approximate surface area is 147 Å². The number of thioether (sulfide) groups is 1. The van der Waals surface area contributed by atoms with Crippen molar-refractivity contribution in [3.05, 3.63) is 17.2 Å². The molecule has 0 atom stereocenters. The number of methoxy groups -OCH3 is 2. The molecule has 0 aliphatic rings. The number of rotatable bonds is 7. The van der Waals surface area contributed by atoms with Crippen LogP contribution in [0.25, 0.3) is 0 Å². The number of aromatic nitrogens is 2. The molecular formula is C14H16ClN3O5S. The Bertz CT molecular complexity index is 718. The molecule has 0 spiro atoms. The van der Waals surface area contributed by atoms with Gasteiger partial charge in [-0.25, -0.2) is 0 Å². The van der Waals surface area contributed by atoms with Crippen molar-refractivity contribution in [3.8, 4) is 17.4 Å². The van der Waals surface area contributed by atoms with E-state index < -0.39 is 5.95 Å². The van der Waals surface area contributed by atoms with Crippen LogP contribution >= 0.6 is 23.4 Å². The third-order valence-corrected chi connectivity index (χ3v) is 4.44. The minimum Gasteiger partial charge on any atom is -0.538 e. The summed E-state index contributed by atoms with van der Waals surface area (Å²) in [7, 11) is 4.57. The van der Waals surface area contributed by atoms with Gasteiger partial charge in [0.25, 0.3) is 5.03 Å². The standard InChI is InChI=1S/C14H16ClN3O5S/c1-18-13(14(20)23-17-18)24-5-4-12(19)16-9-6-8(15)10(21-2)7-11(9)22-3/h6-7H,4-5H2,1-3H3,(H-,16,17,19,20). The first kappa shape index (κ1) is 18.2. The van der Waals surface area contributed by atoms with E-state index in [1.165, 1.54) is 30.7 Å². The smallest absolute Gasteiger partial charge is 0.290 e. The third kappa shape index (κ3) is 4.24. The van der Waals surface area contributed by atoms with Crippen LogP contribution in [0.5, 0.6) is 17.4 Å². The lowest BCUT2D eigenvalue weighted by Gasteiger charge is -2.13. The highest BCUT2D eigenvalue weighted by Crippen LogP contribution is 2.36. The van der Waals surface area contributed by atoms with Crippen molar-refractivity contribution in [1.82, 2.24) is 5.27 Å². The van der Waals surface area contributed by atoms with E-state index in [1.54, 1.807) is 19.2 Å². The number of nitrogens with zero attached hydrogens (tertiary/aromatic N) is 2. The Morgan fingerprint density at radius 3 is 2.71 bits per heavy atom. The molecule has 0 aliphatic heterocycles. The summed E-state index contributed by atoms with van der Waals surface area (Å²) in [6.07, 6.45) is 0.183. The molecule has 130 valence electrons. The molecule has 2 rings (SSSR count). The van der Waals surface area contributed by atoms with Crippen LogP contribution < -0.4 is 24.6 Å².